The van der Waals surface area contributed by atoms with Gasteiger partial charge in [-0.1, -0.05) is 48.5 Å². The Balaban J connectivity index is 1.20. The topological polar surface area (TPSA) is 140 Å². The molecule has 2 heterocycles. The third kappa shape index (κ3) is 6.77. The minimum atomic E-state index is -1.57. The van der Waals surface area contributed by atoms with E-state index in [1.165, 1.54) is 36.4 Å². The summed E-state index contributed by atoms with van der Waals surface area (Å²) in [5.74, 6) is -1.09. The van der Waals surface area contributed by atoms with E-state index in [4.69, 9.17) is 9.47 Å². The standard InChI is InChI=1S/C36H35F2NO8/c37-24-10-8-21(9-11-24)29(41)17-16-28-31(39(35(28)45)26-14-12-25(38)13-15-26)22-6-4-20(5-7-22)23-2-1-3-27(18-23)46-36-34(44)33(43)32(42)30(19-40)47-36/h1-15,18,28-34,36,40-44H,16-17,19H2/t28-,29+,30-,31-,32-,33+,34-,36-/m1/s1. The minimum absolute atomic E-state index is 0.143. The van der Waals surface area contributed by atoms with Gasteiger partial charge in [0.25, 0.3) is 0 Å². The maximum absolute atomic E-state index is 13.7. The first-order chi connectivity index (χ1) is 22.6. The molecule has 246 valence electrons. The molecule has 9 nitrogen and oxygen atoms in total. The fourth-order valence-electron chi connectivity index (χ4n) is 6.21. The summed E-state index contributed by atoms with van der Waals surface area (Å²) in [6, 6.07) is 25.5. The summed E-state index contributed by atoms with van der Waals surface area (Å²) in [5, 5.41) is 50.7. The molecular weight excluding hydrogens is 612 g/mol. The van der Waals surface area contributed by atoms with Crippen molar-refractivity contribution in [3.05, 3.63) is 120 Å². The van der Waals surface area contributed by atoms with Crippen molar-refractivity contribution >= 4 is 11.6 Å². The summed E-state index contributed by atoms with van der Waals surface area (Å²) in [5.41, 5.74) is 3.53. The van der Waals surface area contributed by atoms with Crippen LogP contribution in [0.5, 0.6) is 5.75 Å². The summed E-state index contributed by atoms with van der Waals surface area (Å²) in [6.07, 6.45) is -7.24. The molecule has 4 aromatic carbocycles. The van der Waals surface area contributed by atoms with Gasteiger partial charge in [0.05, 0.1) is 24.7 Å². The number of carbonyl (C=O) groups excluding carboxylic acids is 1. The van der Waals surface area contributed by atoms with Gasteiger partial charge < -0.3 is 39.9 Å². The molecular formula is C36H35F2NO8. The molecule has 0 radical (unpaired) electrons. The quantitative estimate of drug-likeness (QED) is 0.163. The van der Waals surface area contributed by atoms with Gasteiger partial charge in [-0.05, 0) is 83.6 Å². The van der Waals surface area contributed by atoms with Crippen LogP contribution in [0, 0.1) is 17.6 Å². The number of hydrogen-bond acceptors (Lipinski definition) is 8. The fraction of sp³-hybridized carbons (Fsp3) is 0.306. The Morgan fingerprint density at radius 1 is 0.809 bits per heavy atom. The van der Waals surface area contributed by atoms with Crippen LogP contribution >= 0.6 is 0 Å². The van der Waals surface area contributed by atoms with Crippen LogP contribution in [0.3, 0.4) is 0 Å². The summed E-state index contributed by atoms with van der Waals surface area (Å²) in [4.78, 5) is 15.1. The zero-order valence-electron chi connectivity index (χ0n) is 25.1. The van der Waals surface area contributed by atoms with E-state index < -0.39 is 61.0 Å². The molecule has 4 aromatic rings. The molecule has 0 aliphatic carbocycles. The van der Waals surface area contributed by atoms with Gasteiger partial charge in [0.2, 0.25) is 12.2 Å². The number of aliphatic hydroxyl groups excluding tert-OH is 5. The van der Waals surface area contributed by atoms with Gasteiger partial charge >= 0.3 is 0 Å². The Labute approximate surface area is 269 Å². The van der Waals surface area contributed by atoms with E-state index in [0.717, 1.165) is 16.7 Å². The van der Waals surface area contributed by atoms with Gasteiger partial charge in [0, 0.05) is 5.69 Å². The molecule has 11 heteroatoms. The zero-order valence-corrected chi connectivity index (χ0v) is 25.1. The first kappa shape index (κ1) is 32.7. The molecule has 2 aliphatic rings. The minimum Gasteiger partial charge on any atom is -0.462 e. The van der Waals surface area contributed by atoms with Crippen LogP contribution in [0.1, 0.15) is 36.1 Å². The third-order valence-electron chi connectivity index (χ3n) is 8.84. The van der Waals surface area contributed by atoms with E-state index in [-0.39, 0.29) is 18.4 Å². The highest BCUT2D eigenvalue weighted by molar-refractivity contribution is 6.03. The first-order valence-electron chi connectivity index (χ1n) is 15.3. The van der Waals surface area contributed by atoms with Crippen LogP contribution in [0.25, 0.3) is 11.1 Å². The molecule has 2 saturated heterocycles. The third-order valence-corrected chi connectivity index (χ3v) is 8.84. The molecule has 2 fully saturated rings. The van der Waals surface area contributed by atoms with Crippen molar-refractivity contribution in [3.8, 4) is 16.9 Å². The summed E-state index contributed by atoms with van der Waals surface area (Å²) >= 11 is 0. The van der Waals surface area contributed by atoms with Gasteiger partial charge in [-0.15, -0.1) is 0 Å². The maximum atomic E-state index is 13.7. The molecule has 0 bridgehead atoms. The van der Waals surface area contributed by atoms with Gasteiger partial charge in [-0.25, -0.2) is 8.78 Å². The molecule has 8 atom stereocenters. The molecule has 5 N–H and O–H groups in total. The van der Waals surface area contributed by atoms with E-state index in [1.54, 1.807) is 35.2 Å². The van der Waals surface area contributed by atoms with E-state index in [1.807, 2.05) is 30.3 Å². The second kappa shape index (κ2) is 13.9. The van der Waals surface area contributed by atoms with E-state index in [9.17, 15) is 39.1 Å². The molecule has 6 rings (SSSR count). The van der Waals surface area contributed by atoms with Crippen molar-refractivity contribution in [2.75, 3.05) is 11.5 Å². The number of hydrogen-bond donors (Lipinski definition) is 5. The SMILES string of the molecule is O=C1[C@H](CC[C@H](O)c2ccc(F)cc2)[C@@H](c2ccc(-c3cccc(O[C@@H]4O[C@H](CO)[C@@H](O)[C@H](O)[C@H]4O)c3)cc2)N1c1ccc(F)cc1. The van der Waals surface area contributed by atoms with Crippen molar-refractivity contribution in [1.29, 1.82) is 0 Å². The molecule has 0 spiro atoms. The number of aliphatic hydroxyl groups is 5. The summed E-state index contributed by atoms with van der Waals surface area (Å²) in [6.45, 7) is -0.571. The number of carbonyl (C=O) groups is 1. The Morgan fingerprint density at radius 2 is 1.47 bits per heavy atom. The van der Waals surface area contributed by atoms with Crippen molar-refractivity contribution in [2.45, 2.75) is 55.7 Å². The van der Waals surface area contributed by atoms with Gasteiger partial charge in [-0.3, -0.25) is 4.79 Å². The number of halogens is 2. The second-order valence-corrected chi connectivity index (χ2v) is 11.8. The van der Waals surface area contributed by atoms with Gasteiger partial charge in [-0.2, -0.15) is 0 Å². The highest BCUT2D eigenvalue weighted by Crippen LogP contribution is 2.46. The second-order valence-electron chi connectivity index (χ2n) is 11.8. The normalized spacial score (nSPS) is 26.5. The molecule has 1 amide bonds. The van der Waals surface area contributed by atoms with Crippen molar-refractivity contribution < 1.29 is 48.6 Å². The average Bonchev–Trinajstić information content (AvgIpc) is 3.08. The predicted octanol–water partition coefficient (Wildman–Crippen LogP) is 4.03. The number of rotatable bonds is 10. The highest BCUT2D eigenvalue weighted by atomic mass is 19.1. The molecule has 47 heavy (non-hydrogen) atoms. The smallest absolute Gasteiger partial charge is 0.233 e. The number of β-lactam (4-membered cyclic amide) rings is 1. The highest BCUT2D eigenvalue weighted by Gasteiger charge is 2.48. The van der Waals surface area contributed by atoms with Crippen LogP contribution in [0.15, 0.2) is 97.1 Å². The lowest BCUT2D eigenvalue weighted by Gasteiger charge is -2.48. The largest absolute Gasteiger partial charge is 0.462 e. The van der Waals surface area contributed by atoms with E-state index in [2.05, 4.69) is 0 Å². The monoisotopic (exact) mass is 647 g/mol. The molecule has 0 aromatic heterocycles. The Hall–Kier alpha value is -4.23. The zero-order chi connectivity index (χ0) is 33.2. The van der Waals surface area contributed by atoms with Crippen LogP contribution < -0.4 is 9.64 Å². The predicted molar refractivity (Wildman–Crippen MR) is 167 cm³/mol. The Bertz CT molecular complexity index is 1670. The molecule has 2 aliphatic heterocycles. The summed E-state index contributed by atoms with van der Waals surface area (Å²) in [7, 11) is 0. The maximum Gasteiger partial charge on any atom is 0.233 e. The number of benzene rings is 4. The van der Waals surface area contributed by atoms with Crippen LogP contribution in [0.4, 0.5) is 14.5 Å². The van der Waals surface area contributed by atoms with Gasteiger partial charge in [0.15, 0.2) is 0 Å². The van der Waals surface area contributed by atoms with E-state index in [0.29, 0.717) is 23.4 Å². The first-order valence-corrected chi connectivity index (χ1v) is 15.3. The van der Waals surface area contributed by atoms with Gasteiger partial charge in [0.1, 0.15) is 41.8 Å². The number of amides is 1. The van der Waals surface area contributed by atoms with Crippen LogP contribution in [-0.2, 0) is 9.53 Å². The fourth-order valence-corrected chi connectivity index (χ4v) is 6.21. The van der Waals surface area contributed by atoms with Crippen molar-refractivity contribution in [3.63, 3.8) is 0 Å². The van der Waals surface area contributed by atoms with Crippen LogP contribution in [0.2, 0.25) is 0 Å². The van der Waals surface area contributed by atoms with E-state index >= 15 is 0 Å². The Kier molecular flexibility index (Phi) is 9.65. The van der Waals surface area contributed by atoms with Crippen molar-refractivity contribution in [1.82, 2.24) is 0 Å². The molecule has 0 unspecified atom stereocenters. The van der Waals surface area contributed by atoms with Crippen molar-refractivity contribution in [2.24, 2.45) is 5.92 Å². The number of anilines is 1. The number of ether oxygens (including phenoxy) is 2. The average molecular weight is 648 g/mol. The van der Waals surface area contributed by atoms with Crippen LogP contribution in [-0.4, -0.2) is 68.8 Å². The summed E-state index contributed by atoms with van der Waals surface area (Å²) < 4.78 is 38.3. The Morgan fingerprint density at radius 3 is 2.13 bits per heavy atom. The number of nitrogens with zero attached hydrogens (tertiary/aromatic N) is 1. The lowest BCUT2D eigenvalue weighted by molar-refractivity contribution is -0.277. The lowest BCUT2D eigenvalue weighted by Crippen LogP contribution is -2.60. The molecule has 0 saturated carbocycles. The lowest BCUT2D eigenvalue weighted by atomic mass is 9.78.